The van der Waals surface area contributed by atoms with Crippen molar-refractivity contribution in [2.24, 2.45) is 7.05 Å². The Balaban J connectivity index is 1.50. The van der Waals surface area contributed by atoms with E-state index in [0.717, 1.165) is 41.2 Å². The van der Waals surface area contributed by atoms with Gasteiger partial charge in [0.2, 0.25) is 0 Å². The van der Waals surface area contributed by atoms with Crippen LogP contribution in [-0.4, -0.2) is 29.6 Å². The standard InChI is InChI=1S/C24H28N4O/c1-16-9-10-20(27-21-14-25-15-21)13-22(16)24(29)26-17(2)18-6-4-7-19(12-18)23-8-5-11-28(23)3/h4-13,17,21,25,27H,14-15H2,1-3H3,(H,26,29). The summed E-state index contributed by atoms with van der Waals surface area (Å²) in [6, 6.07) is 18.8. The Morgan fingerprint density at radius 2 is 1.97 bits per heavy atom. The lowest BCUT2D eigenvalue weighted by molar-refractivity contribution is 0.0939. The molecule has 29 heavy (non-hydrogen) atoms. The van der Waals surface area contributed by atoms with Gasteiger partial charge < -0.3 is 20.5 Å². The summed E-state index contributed by atoms with van der Waals surface area (Å²) < 4.78 is 2.10. The number of aromatic nitrogens is 1. The molecule has 3 aromatic rings. The van der Waals surface area contributed by atoms with E-state index in [1.165, 1.54) is 0 Å². The summed E-state index contributed by atoms with van der Waals surface area (Å²) in [5.41, 5.74) is 6.07. The van der Waals surface area contributed by atoms with Crippen molar-refractivity contribution in [3.63, 3.8) is 0 Å². The molecule has 1 aliphatic heterocycles. The molecule has 3 N–H and O–H groups in total. The quantitative estimate of drug-likeness (QED) is 0.601. The Bertz CT molecular complexity index is 1020. The van der Waals surface area contributed by atoms with Crippen molar-refractivity contribution in [1.82, 2.24) is 15.2 Å². The summed E-state index contributed by atoms with van der Waals surface area (Å²) in [7, 11) is 2.04. The van der Waals surface area contributed by atoms with E-state index in [1.54, 1.807) is 0 Å². The summed E-state index contributed by atoms with van der Waals surface area (Å²) in [5.74, 6) is -0.0466. The maximum Gasteiger partial charge on any atom is 0.252 e. The Morgan fingerprint density at radius 1 is 1.14 bits per heavy atom. The van der Waals surface area contributed by atoms with E-state index in [-0.39, 0.29) is 11.9 Å². The van der Waals surface area contributed by atoms with Gasteiger partial charge in [-0.1, -0.05) is 24.3 Å². The number of benzene rings is 2. The molecule has 2 aromatic carbocycles. The SMILES string of the molecule is Cc1ccc(NC2CNC2)cc1C(=O)NC(C)c1cccc(-c2cccn2C)c1. The Labute approximate surface area is 172 Å². The lowest BCUT2D eigenvalue weighted by Gasteiger charge is -2.29. The predicted molar refractivity (Wildman–Crippen MR) is 118 cm³/mol. The van der Waals surface area contributed by atoms with Crippen LogP contribution in [0.15, 0.2) is 60.8 Å². The van der Waals surface area contributed by atoms with Gasteiger partial charge in [0, 0.05) is 43.3 Å². The van der Waals surface area contributed by atoms with Gasteiger partial charge in [0.1, 0.15) is 0 Å². The highest BCUT2D eigenvalue weighted by molar-refractivity contribution is 5.96. The van der Waals surface area contributed by atoms with Crippen molar-refractivity contribution in [3.05, 3.63) is 77.5 Å². The molecule has 0 radical (unpaired) electrons. The van der Waals surface area contributed by atoms with Crippen molar-refractivity contribution in [2.75, 3.05) is 18.4 Å². The highest BCUT2D eigenvalue weighted by Crippen LogP contribution is 2.24. The van der Waals surface area contributed by atoms with E-state index >= 15 is 0 Å². The minimum atomic E-state index is -0.0884. The first-order valence-electron chi connectivity index (χ1n) is 10.1. The molecule has 1 unspecified atom stereocenters. The average molecular weight is 389 g/mol. The van der Waals surface area contributed by atoms with E-state index in [1.807, 2.05) is 57.4 Å². The fourth-order valence-corrected chi connectivity index (χ4v) is 3.67. The molecular weight excluding hydrogens is 360 g/mol. The van der Waals surface area contributed by atoms with E-state index in [4.69, 9.17) is 0 Å². The minimum absolute atomic E-state index is 0.0466. The van der Waals surface area contributed by atoms with Crippen LogP contribution in [0.3, 0.4) is 0 Å². The molecule has 150 valence electrons. The topological polar surface area (TPSA) is 58.1 Å². The van der Waals surface area contributed by atoms with Crippen molar-refractivity contribution in [2.45, 2.75) is 25.9 Å². The van der Waals surface area contributed by atoms with Crippen LogP contribution < -0.4 is 16.0 Å². The molecule has 5 nitrogen and oxygen atoms in total. The van der Waals surface area contributed by atoms with Crippen molar-refractivity contribution in [3.8, 4) is 11.3 Å². The van der Waals surface area contributed by atoms with E-state index in [2.05, 4.69) is 44.8 Å². The second-order valence-electron chi connectivity index (χ2n) is 7.85. The van der Waals surface area contributed by atoms with Gasteiger partial charge in [-0.2, -0.15) is 0 Å². The zero-order valence-electron chi connectivity index (χ0n) is 17.2. The molecule has 0 bridgehead atoms. The molecule has 1 aliphatic rings. The molecule has 1 aromatic heterocycles. The zero-order chi connectivity index (χ0) is 20.4. The fraction of sp³-hybridized carbons (Fsp3) is 0.292. The second kappa shape index (κ2) is 8.13. The van der Waals surface area contributed by atoms with Gasteiger partial charge in [0.05, 0.1) is 12.1 Å². The predicted octanol–water partition coefficient (Wildman–Crippen LogP) is 3.88. The summed E-state index contributed by atoms with van der Waals surface area (Å²) in [6.07, 6.45) is 2.04. The van der Waals surface area contributed by atoms with Gasteiger partial charge in [-0.05, 0) is 60.9 Å². The summed E-state index contributed by atoms with van der Waals surface area (Å²) in [5, 5.41) is 9.88. The van der Waals surface area contributed by atoms with Crippen LogP contribution in [0.4, 0.5) is 5.69 Å². The fourth-order valence-electron chi connectivity index (χ4n) is 3.67. The van der Waals surface area contributed by atoms with E-state index in [9.17, 15) is 4.79 Å². The van der Waals surface area contributed by atoms with Crippen molar-refractivity contribution < 1.29 is 4.79 Å². The second-order valence-corrected chi connectivity index (χ2v) is 7.85. The number of nitrogens with zero attached hydrogens (tertiary/aromatic N) is 1. The van der Waals surface area contributed by atoms with Crippen LogP contribution in [-0.2, 0) is 7.05 Å². The molecule has 1 fully saturated rings. The normalized spacial score (nSPS) is 14.9. The molecule has 2 heterocycles. The number of amides is 1. The average Bonchev–Trinajstić information content (AvgIpc) is 3.11. The molecule has 1 atom stereocenters. The van der Waals surface area contributed by atoms with Crippen LogP contribution in [0, 0.1) is 6.92 Å². The number of nitrogens with one attached hydrogen (secondary N) is 3. The van der Waals surface area contributed by atoms with E-state index < -0.39 is 0 Å². The van der Waals surface area contributed by atoms with Gasteiger partial charge in [-0.25, -0.2) is 0 Å². The first-order chi connectivity index (χ1) is 14.0. The lowest BCUT2D eigenvalue weighted by Crippen LogP contribution is -2.51. The number of anilines is 1. The third-order valence-electron chi connectivity index (χ3n) is 5.61. The Morgan fingerprint density at radius 3 is 2.66 bits per heavy atom. The molecule has 5 heteroatoms. The number of hydrogen-bond donors (Lipinski definition) is 3. The third-order valence-corrected chi connectivity index (χ3v) is 5.61. The minimum Gasteiger partial charge on any atom is -0.380 e. The zero-order valence-corrected chi connectivity index (χ0v) is 17.2. The first kappa shape index (κ1) is 19.3. The molecule has 1 saturated heterocycles. The maximum atomic E-state index is 13.0. The molecule has 0 saturated carbocycles. The number of aryl methyl sites for hydroxylation is 2. The van der Waals surface area contributed by atoms with Crippen molar-refractivity contribution in [1.29, 1.82) is 0 Å². The maximum absolute atomic E-state index is 13.0. The molecular formula is C24H28N4O. The van der Waals surface area contributed by atoms with Crippen LogP contribution in [0.1, 0.15) is 34.5 Å². The van der Waals surface area contributed by atoms with Crippen LogP contribution in [0.25, 0.3) is 11.3 Å². The van der Waals surface area contributed by atoms with E-state index in [0.29, 0.717) is 11.6 Å². The smallest absolute Gasteiger partial charge is 0.252 e. The van der Waals surface area contributed by atoms with Crippen LogP contribution >= 0.6 is 0 Å². The lowest BCUT2D eigenvalue weighted by atomic mass is 10.0. The molecule has 0 aliphatic carbocycles. The first-order valence-corrected chi connectivity index (χ1v) is 10.1. The highest BCUT2D eigenvalue weighted by atomic mass is 16.1. The molecule has 4 rings (SSSR count). The number of rotatable bonds is 6. The Hall–Kier alpha value is -3.05. The van der Waals surface area contributed by atoms with Crippen LogP contribution in [0.5, 0.6) is 0 Å². The summed E-state index contributed by atoms with van der Waals surface area (Å²) >= 11 is 0. The highest BCUT2D eigenvalue weighted by Gasteiger charge is 2.18. The van der Waals surface area contributed by atoms with Gasteiger partial charge >= 0.3 is 0 Å². The summed E-state index contributed by atoms with van der Waals surface area (Å²) in [6.45, 7) is 5.93. The van der Waals surface area contributed by atoms with Gasteiger partial charge in [0.15, 0.2) is 0 Å². The monoisotopic (exact) mass is 388 g/mol. The van der Waals surface area contributed by atoms with Gasteiger partial charge in [-0.3, -0.25) is 4.79 Å². The summed E-state index contributed by atoms with van der Waals surface area (Å²) in [4.78, 5) is 13.0. The van der Waals surface area contributed by atoms with Gasteiger partial charge in [0.25, 0.3) is 5.91 Å². The van der Waals surface area contributed by atoms with Crippen molar-refractivity contribution >= 4 is 11.6 Å². The molecule has 1 amide bonds. The number of carbonyl (C=O) groups excluding carboxylic acids is 1. The van der Waals surface area contributed by atoms with Crippen LogP contribution in [0.2, 0.25) is 0 Å². The van der Waals surface area contributed by atoms with Gasteiger partial charge in [-0.15, -0.1) is 0 Å². The molecule has 0 spiro atoms. The Kier molecular flexibility index (Phi) is 5.41. The third kappa shape index (κ3) is 4.20. The largest absolute Gasteiger partial charge is 0.380 e. The number of carbonyl (C=O) groups is 1. The number of hydrogen-bond acceptors (Lipinski definition) is 3.